The molecule has 2 aromatic carbocycles. The van der Waals surface area contributed by atoms with Crippen LogP contribution >= 0.6 is 0 Å². The number of hydrogen-bond acceptors (Lipinski definition) is 3. The molecule has 0 saturated carbocycles. The van der Waals surface area contributed by atoms with E-state index >= 15 is 0 Å². The molecule has 19 heavy (non-hydrogen) atoms. The Labute approximate surface area is 108 Å². The highest BCUT2D eigenvalue weighted by molar-refractivity contribution is 6.29. The summed E-state index contributed by atoms with van der Waals surface area (Å²) in [6.07, 6.45) is 0. The van der Waals surface area contributed by atoms with Crippen LogP contribution in [-0.4, -0.2) is 11.6 Å². The van der Waals surface area contributed by atoms with Crippen molar-refractivity contribution in [2.45, 2.75) is 0 Å². The fraction of sp³-hybridized carbons (Fsp3) is 0. The zero-order valence-electron chi connectivity index (χ0n) is 9.70. The summed E-state index contributed by atoms with van der Waals surface area (Å²) < 4.78 is 0. The van der Waals surface area contributed by atoms with E-state index in [0.29, 0.717) is 11.1 Å². The molecular formula is C14H7N3O2. The third-order valence-electron chi connectivity index (χ3n) is 3.08. The first-order valence-corrected chi connectivity index (χ1v) is 5.60. The Kier molecular flexibility index (Phi) is 2.41. The fourth-order valence-corrected chi connectivity index (χ4v) is 2.26. The first-order valence-electron chi connectivity index (χ1n) is 5.60. The van der Waals surface area contributed by atoms with Gasteiger partial charge in [0.15, 0.2) is 11.6 Å². The van der Waals surface area contributed by atoms with Crippen LogP contribution in [-0.2, 0) is 0 Å². The van der Waals surface area contributed by atoms with E-state index in [4.69, 9.17) is 5.53 Å². The van der Waals surface area contributed by atoms with Crippen LogP contribution in [0.5, 0.6) is 0 Å². The van der Waals surface area contributed by atoms with Gasteiger partial charge in [-0.2, -0.15) is 0 Å². The molecule has 0 aliphatic heterocycles. The topological polar surface area (TPSA) is 82.9 Å². The lowest BCUT2D eigenvalue weighted by atomic mass is 9.83. The third-order valence-corrected chi connectivity index (χ3v) is 3.08. The lowest BCUT2D eigenvalue weighted by Gasteiger charge is -2.18. The summed E-state index contributed by atoms with van der Waals surface area (Å²) in [5, 5.41) is 3.49. The van der Waals surface area contributed by atoms with Crippen molar-refractivity contribution < 1.29 is 9.59 Å². The Hall–Kier alpha value is -2.91. The van der Waals surface area contributed by atoms with Crippen LogP contribution in [0.4, 0.5) is 5.69 Å². The van der Waals surface area contributed by atoms with Crippen LogP contribution in [0.2, 0.25) is 0 Å². The number of benzene rings is 2. The van der Waals surface area contributed by atoms with Crippen molar-refractivity contribution in [3.8, 4) is 0 Å². The minimum absolute atomic E-state index is 0.184. The van der Waals surface area contributed by atoms with Gasteiger partial charge in [-0.15, -0.1) is 0 Å². The van der Waals surface area contributed by atoms with Gasteiger partial charge in [-0.1, -0.05) is 47.6 Å². The lowest BCUT2D eigenvalue weighted by molar-refractivity contribution is 0.0979. The summed E-state index contributed by atoms with van der Waals surface area (Å²) in [6, 6.07) is 11.3. The molecule has 1 aliphatic rings. The quantitative estimate of drug-likeness (QED) is 0.376. The van der Waals surface area contributed by atoms with Gasteiger partial charge in [0.05, 0.1) is 0 Å². The van der Waals surface area contributed by atoms with Crippen molar-refractivity contribution >= 4 is 17.3 Å². The molecule has 90 valence electrons. The van der Waals surface area contributed by atoms with Gasteiger partial charge in [-0.05, 0) is 5.53 Å². The molecule has 0 N–H and O–H groups in total. The van der Waals surface area contributed by atoms with Crippen molar-refractivity contribution in [2.24, 2.45) is 5.11 Å². The highest BCUT2D eigenvalue weighted by atomic mass is 16.1. The molecule has 3 rings (SSSR count). The SMILES string of the molecule is [N-]=[N+]=Nc1cccc2c1C(=O)c1ccccc1C2=O. The first-order chi connectivity index (χ1) is 9.24. The maximum absolute atomic E-state index is 12.4. The second-order valence-electron chi connectivity index (χ2n) is 4.09. The fourth-order valence-electron chi connectivity index (χ4n) is 2.26. The van der Waals surface area contributed by atoms with Gasteiger partial charge in [-0.25, -0.2) is 0 Å². The van der Waals surface area contributed by atoms with Crippen molar-refractivity contribution in [2.75, 3.05) is 0 Å². The molecule has 0 amide bonds. The minimum atomic E-state index is -0.284. The largest absolute Gasteiger partial charge is 0.289 e. The standard InChI is InChI=1S/C14H7N3O2/c15-17-16-11-7-3-6-10-12(11)14(19)9-5-2-1-4-8(9)13(10)18/h1-7H. The Morgan fingerprint density at radius 3 is 2.16 bits per heavy atom. The molecule has 0 radical (unpaired) electrons. The number of rotatable bonds is 1. The average molecular weight is 249 g/mol. The molecule has 5 heteroatoms. The zero-order valence-corrected chi connectivity index (χ0v) is 9.70. The summed E-state index contributed by atoms with van der Waals surface area (Å²) in [5.74, 6) is -0.506. The van der Waals surface area contributed by atoms with E-state index in [0.717, 1.165) is 0 Å². The molecule has 0 spiro atoms. The number of azide groups is 1. The van der Waals surface area contributed by atoms with Crippen LogP contribution in [0.15, 0.2) is 47.6 Å². The molecule has 0 heterocycles. The van der Waals surface area contributed by atoms with Crippen LogP contribution in [0.25, 0.3) is 10.4 Å². The maximum Gasteiger partial charge on any atom is 0.194 e. The molecule has 0 fully saturated rings. The lowest BCUT2D eigenvalue weighted by Crippen LogP contribution is -2.20. The van der Waals surface area contributed by atoms with Gasteiger partial charge in [-0.3, -0.25) is 9.59 Å². The van der Waals surface area contributed by atoms with E-state index in [-0.39, 0.29) is 28.4 Å². The molecule has 0 bridgehead atoms. The number of fused-ring (bicyclic) bond motifs is 2. The zero-order chi connectivity index (χ0) is 13.4. The molecule has 2 aromatic rings. The number of ketones is 2. The first kappa shape index (κ1) is 11.2. The predicted octanol–water partition coefficient (Wildman–Crippen LogP) is 3.40. The van der Waals surface area contributed by atoms with Crippen molar-refractivity contribution in [3.63, 3.8) is 0 Å². The van der Waals surface area contributed by atoms with Gasteiger partial charge in [0.25, 0.3) is 0 Å². The summed E-state index contributed by atoms with van der Waals surface area (Å²) in [7, 11) is 0. The maximum atomic E-state index is 12.4. The molecule has 0 saturated heterocycles. The van der Waals surface area contributed by atoms with Crippen molar-refractivity contribution in [1.29, 1.82) is 0 Å². The molecule has 0 unspecified atom stereocenters. The molecular weight excluding hydrogens is 242 g/mol. The van der Waals surface area contributed by atoms with Crippen LogP contribution in [0, 0.1) is 0 Å². The number of nitrogens with zero attached hydrogens (tertiary/aromatic N) is 3. The summed E-state index contributed by atoms with van der Waals surface area (Å²) >= 11 is 0. The number of carbonyl (C=O) groups excluding carboxylic acids is 2. The highest BCUT2D eigenvalue weighted by Gasteiger charge is 2.30. The van der Waals surface area contributed by atoms with Crippen LogP contribution in [0.1, 0.15) is 31.8 Å². The predicted molar refractivity (Wildman–Crippen MR) is 68.6 cm³/mol. The Morgan fingerprint density at radius 1 is 0.842 bits per heavy atom. The van der Waals surface area contributed by atoms with Gasteiger partial charge in [0.1, 0.15) is 0 Å². The highest BCUT2D eigenvalue weighted by Crippen LogP contribution is 2.33. The smallest absolute Gasteiger partial charge is 0.194 e. The van der Waals surface area contributed by atoms with E-state index in [2.05, 4.69) is 10.0 Å². The molecule has 1 aliphatic carbocycles. The Morgan fingerprint density at radius 2 is 1.47 bits per heavy atom. The summed E-state index contributed by atoms with van der Waals surface area (Å²) in [5.41, 5.74) is 9.92. The van der Waals surface area contributed by atoms with Crippen LogP contribution in [0.3, 0.4) is 0 Å². The third kappa shape index (κ3) is 1.53. The monoisotopic (exact) mass is 249 g/mol. The molecule has 0 atom stereocenters. The number of carbonyl (C=O) groups is 2. The van der Waals surface area contributed by atoms with Gasteiger partial charge in [0.2, 0.25) is 0 Å². The second-order valence-corrected chi connectivity index (χ2v) is 4.09. The second kappa shape index (κ2) is 4.08. The normalized spacial score (nSPS) is 12.4. The van der Waals surface area contributed by atoms with Gasteiger partial charge in [0, 0.05) is 32.9 Å². The Bertz CT molecular complexity index is 774. The van der Waals surface area contributed by atoms with Gasteiger partial charge >= 0.3 is 0 Å². The molecule has 5 nitrogen and oxygen atoms in total. The van der Waals surface area contributed by atoms with Gasteiger partial charge < -0.3 is 0 Å². The molecule has 0 aromatic heterocycles. The minimum Gasteiger partial charge on any atom is -0.289 e. The Balaban J connectivity index is 2.36. The summed E-state index contributed by atoms with van der Waals surface area (Å²) in [6.45, 7) is 0. The van der Waals surface area contributed by atoms with E-state index in [9.17, 15) is 9.59 Å². The van der Waals surface area contributed by atoms with Crippen molar-refractivity contribution in [3.05, 3.63) is 75.2 Å². The average Bonchev–Trinajstić information content (AvgIpc) is 2.45. The number of hydrogen-bond donors (Lipinski definition) is 0. The summed E-state index contributed by atoms with van der Waals surface area (Å²) in [4.78, 5) is 27.4. The van der Waals surface area contributed by atoms with E-state index in [1.165, 1.54) is 6.07 Å². The van der Waals surface area contributed by atoms with E-state index < -0.39 is 0 Å². The van der Waals surface area contributed by atoms with Crippen molar-refractivity contribution in [1.82, 2.24) is 0 Å². The van der Waals surface area contributed by atoms with Crippen LogP contribution < -0.4 is 0 Å². The van der Waals surface area contributed by atoms with E-state index in [1.807, 2.05) is 0 Å². The van der Waals surface area contributed by atoms with E-state index in [1.54, 1.807) is 36.4 Å².